The molecular weight excluding hydrogens is 450 g/mol. The van der Waals surface area contributed by atoms with Crippen LogP contribution in [0.15, 0.2) is 59.7 Å². The van der Waals surface area contributed by atoms with Crippen molar-refractivity contribution in [3.8, 4) is 11.5 Å². The summed E-state index contributed by atoms with van der Waals surface area (Å²) in [5, 5.41) is 16.1. The topological polar surface area (TPSA) is 111 Å². The minimum Gasteiger partial charge on any atom is -0.490 e. The molecule has 9 nitrogen and oxygen atoms in total. The molecule has 2 aromatic rings. The van der Waals surface area contributed by atoms with Gasteiger partial charge in [0.15, 0.2) is 11.5 Å². The van der Waals surface area contributed by atoms with Crippen LogP contribution in [0.25, 0.3) is 0 Å². The van der Waals surface area contributed by atoms with Crippen molar-refractivity contribution in [1.29, 1.82) is 0 Å². The highest BCUT2D eigenvalue weighted by Gasteiger charge is 2.56. The van der Waals surface area contributed by atoms with Crippen LogP contribution in [-0.4, -0.2) is 34.6 Å². The lowest BCUT2D eigenvalue weighted by atomic mass is 9.63. The lowest BCUT2D eigenvalue weighted by Gasteiger charge is -2.37. The standard InChI is InChI=1S/C26H25N3O6/c1-2-34-22-13-17(5-12-21(22)35-15-16-3-10-20(11-4-16)29(32)33)14-27-28-25(30)23-18-6-7-19(9-8-18)24(23)26(28)31/h3-7,10-14,18-19,23-24H,2,8-9,15H2,1H3/b27-14-/t18-,19-,23+,24+/m0/s1. The molecule has 9 heteroatoms. The fourth-order valence-corrected chi connectivity index (χ4v) is 5.16. The van der Waals surface area contributed by atoms with E-state index in [0.29, 0.717) is 23.7 Å². The van der Waals surface area contributed by atoms with Gasteiger partial charge in [-0.2, -0.15) is 10.1 Å². The number of nitro groups is 1. The summed E-state index contributed by atoms with van der Waals surface area (Å²) in [4.78, 5) is 36.2. The Morgan fingerprint density at radius 3 is 2.23 bits per heavy atom. The normalized spacial score (nSPS) is 24.8. The number of carbonyl (C=O) groups excluding carboxylic acids is 2. The summed E-state index contributed by atoms with van der Waals surface area (Å²) in [6, 6.07) is 11.4. The van der Waals surface area contributed by atoms with Crippen molar-refractivity contribution in [1.82, 2.24) is 5.01 Å². The molecule has 4 aliphatic rings. The summed E-state index contributed by atoms with van der Waals surface area (Å²) < 4.78 is 11.6. The van der Waals surface area contributed by atoms with Crippen molar-refractivity contribution in [2.24, 2.45) is 28.8 Å². The SMILES string of the molecule is CCOc1cc(/C=N\N2C(=O)[C@H]3[C@H](C2=O)[C@H]2C=C[C@H]3CC2)ccc1OCc1ccc([N+](=O)[O-])cc1. The van der Waals surface area contributed by atoms with Gasteiger partial charge in [-0.25, -0.2) is 0 Å². The molecular formula is C26H25N3O6. The Morgan fingerprint density at radius 1 is 1.00 bits per heavy atom. The number of imide groups is 1. The van der Waals surface area contributed by atoms with E-state index in [2.05, 4.69) is 17.3 Å². The van der Waals surface area contributed by atoms with Crippen LogP contribution < -0.4 is 9.47 Å². The van der Waals surface area contributed by atoms with Crippen LogP contribution in [0.4, 0.5) is 5.69 Å². The van der Waals surface area contributed by atoms with Gasteiger partial charge in [0.1, 0.15) is 6.61 Å². The van der Waals surface area contributed by atoms with E-state index in [0.717, 1.165) is 23.4 Å². The number of rotatable bonds is 8. The molecule has 2 aromatic carbocycles. The van der Waals surface area contributed by atoms with Gasteiger partial charge in [0.25, 0.3) is 17.5 Å². The molecule has 1 saturated carbocycles. The highest BCUT2D eigenvalue weighted by Crippen LogP contribution is 2.49. The van der Waals surface area contributed by atoms with Gasteiger partial charge in [-0.15, -0.1) is 0 Å². The first-order valence-electron chi connectivity index (χ1n) is 11.7. The molecule has 2 fully saturated rings. The van der Waals surface area contributed by atoms with E-state index in [1.165, 1.54) is 18.3 Å². The van der Waals surface area contributed by atoms with Crippen molar-refractivity contribution in [3.05, 3.63) is 75.9 Å². The Kier molecular flexibility index (Phi) is 6.07. The zero-order valence-electron chi connectivity index (χ0n) is 19.2. The summed E-state index contributed by atoms with van der Waals surface area (Å²) in [5.74, 6) is 0.219. The molecule has 0 unspecified atom stereocenters. The Balaban J connectivity index is 1.29. The number of non-ortho nitro benzene ring substituents is 1. The van der Waals surface area contributed by atoms with Crippen molar-refractivity contribution >= 4 is 23.7 Å². The van der Waals surface area contributed by atoms with E-state index >= 15 is 0 Å². The van der Waals surface area contributed by atoms with Gasteiger partial charge in [0.05, 0.1) is 29.6 Å². The Labute approximate surface area is 202 Å². The number of hydrazone groups is 1. The van der Waals surface area contributed by atoms with Crippen LogP contribution in [0.3, 0.4) is 0 Å². The fourth-order valence-electron chi connectivity index (χ4n) is 5.16. The maximum atomic E-state index is 12.9. The van der Waals surface area contributed by atoms with Gasteiger partial charge in [-0.3, -0.25) is 19.7 Å². The zero-order chi connectivity index (χ0) is 24.5. The van der Waals surface area contributed by atoms with E-state index in [1.54, 1.807) is 30.3 Å². The van der Waals surface area contributed by atoms with Crippen molar-refractivity contribution in [3.63, 3.8) is 0 Å². The molecule has 2 bridgehead atoms. The number of hydrogen-bond acceptors (Lipinski definition) is 7. The number of carbonyl (C=O) groups is 2. The van der Waals surface area contributed by atoms with Gasteiger partial charge < -0.3 is 9.47 Å². The van der Waals surface area contributed by atoms with E-state index in [-0.39, 0.29) is 47.8 Å². The van der Waals surface area contributed by atoms with Crippen molar-refractivity contribution < 1.29 is 24.0 Å². The lowest BCUT2D eigenvalue weighted by molar-refractivity contribution is -0.384. The van der Waals surface area contributed by atoms with Crippen molar-refractivity contribution in [2.75, 3.05) is 6.61 Å². The molecule has 2 amide bonds. The van der Waals surface area contributed by atoms with Crippen LogP contribution in [-0.2, 0) is 16.2 Å². The zero-order valence-corrected chi connectivity index (χ0v) is 19.2. The quantitative estimate of drug-likeness (QED) is 0.187. The number of nitrogens with zero attached hydrogens (tertiary/aromatic N) is 3. The van der Waals surface area contributed by atoms with E-state index in [4.69, 9.17) is 9.47 Å². The number of hydrogen-bond donors (Lipinski definition) is 0. The van der Waals surface area contributed by atoms with Gasteiger partial charge in [0, 0.05) is 12.1 Å². The first kappa shape index (κ1) is 22.8. The van der Waals surface area contributed by atoms with Gasteiger partial charge in [0.2, 0.25) is 0 Å². The smallest absolute Gasteiger partial charge is 0.269 e. The third-order valence-corrected chi connectivity index (χ3v) is 6.87. The molecule has 1 heterocycles. The van der Waals surface area contributed by atoms with E-state index in [1.807, 2.05) is 6.92 Å². The highest BCUT2D eigenvalue weighted by molar-refractivity contribution is 6.06. The summed E-state index contributed by atoms with van der Waals surface area (Å²) in [5.41, 5.74) is 1.46. The third-order valence-electron chi connectivity index (χ3n) is 6.87. The predicted octanol–water partition coefficient (Wildman–Crippen LogP) is 4.10. The molecule has 0 aromatic heterocycles. The third kappa shape index (κ3) is 4.29. The minimum atomic E-state index is -0.448. The van der Waals surface area contributed by atoms with Crippen molar-refractivity contribution in [2.45, 2.75) is 26.4 Å². The van der Waals surface area contributed by atoms with Crippen LogP contribution in [0, 0.1) is 33.8 Å². The molecule has 180 valence electrons. The number of ether oxygens (including phenoxy) is 2. The molecule has 6 rings (SSSR count). The summed E-state index contributed by atoms with van der Waals surface area (Å²) in [7, 11) is 0. The fraction of sp³-hybridized carbons (Fsp3) is 0.346. The maximum Gasteiger partial charge on any atom is 0.269 e. The van der Waals surface area contributed by atoms with Crippen LogP contribution in [0.2, 0.25) is 0 Å². The largest absolute Gasteiger partial charge is 0.490 e. The predicted molar refractivity (Wildman–Crippen MR) is 127 cm³/mol. The van der Waals surface area contributed by atoms with Gasteiger partial charge in [-0.05, 0) is 73.1 Å². The number of amides is 2. The Morgan fingerprint density at radius 2 is 1.66 bits per heavy atom. The minimum absolute atomic E-state index is 0.0190. The van der Waals surface area contributed by atoms with Gasteiger partial charge in [-0.1, -0.05) is 12.2 Å². The second kappa shape index (κ2) is 9.32. The Bertz CT molecular complexity index is 1190. The molecule has 1 aliphatic heterocycles. The second-order valence-electron chi connectivity index (χ2n) is 8.93. The number of benzene rings is 2. The highest BCUT2D eigenvalue weighted by atomic mass is 16.6. The lowest BCUT2D eigenvalue weighted by Crippen LogP contribution is -2.38. The maximum absolute atomic E-state index is 12.9. The number of nitro benzene ring substituents is 1. The molecule has 35 heavy (non-hydrogen) atoms. The molecule has 3 aliphatic carbocycles. The number of fused-ring (bicyclic) bond motifs is 1. The second-order valence-corrected chi connectivity index (χ2v) is 8.93. The van der Waals surface area contributed by atoms with Crippen LogP contribution in [0.5, 0.6) is 11.5 Å². The average molecular weight is 476 g/mol. The van der Waals surface area contributed by atoms with Crippen LogP contribution >= 0.6 is 0 Å². The van der Waals surface area contributed by atoms with E-state index in [9.17, 15) is 19.7 Å². The van der Waals surface area contributed by atoms with Crippen LogP contribution in [0.1, 0.15) is 30.9 Å². The molecule has 0 N–H and O–H groups in total. The molecule has 1 saturated heterocycles. The number of allylic oxidation sites excluding steroid dienone is 2. The molecule has 4 atom stereocenters. The summed E-state index contributed by atoms with van der Waals surface area (Å²) in [6.45, 7) is 2.48. The average Bonchev–Trinajstić information content (AvgIpc) is 3.15. The van der Waals surface area contributed by atoms with E-state index < -0.39 is 4.92 Å². The summed E-state index contributed by atoms with van der Waals surface area (Å²) in [6.07, 6.45) is 7.54. The van der Waals surface area contributed by atoms with Gasteiger partial charge >= 0.3 is 0 Å². The molecule has 0 spiro atoms. The first-order chi connectivity index (χ1) is 17.0. The monoisotopic (exact) mass is 475 g/mol. The first-order valence-corrected chi connectivity index (χ1v) is 11.7. The summed E-state index contributed by atoms with van der Waals surface area (Å²) >= 11 is 0. The molecule has 0 radical (unpaired) electrons. The Hall–Kier alpha value is -4.01.